The van der Waals surface area contributed by atoms with Crippen molar-refractivity contribution in [1.82, 2.24) is 4.90 Å². The molecule has 1 aromatic rings. The van der Waals surface area contributed by atoms with E-state index in [0.29, 0.717) is 24.5 Å². The van der Waals surface area contributed by atoms with E-state index in [9.17, 15) is 8.42 Å². The molecule has 0 aliphatic carbocycles. The van der Waals surface area contributed by atoms with Gasteiger partial charge in [0, 0.05) is 13.1 Å². The van der Waals surface area contributed by atoms with Gasteiger partial charge in [-0.25, -0.2) is 8.42 Å². The number of ether oxygens (including phenoxy) is 1. The van der Waals surface area contributed by atoms with Crippen LogP contribution in [0.15, 0.2) is 18.2 Å². The van der Waals surface area contributed by atoms with Crippen LogP contribution < -0.4 is 9.04 Å². The molecule has 1 aromatic carbocycles. The summed E-state index contributed by atoms with van der Waals surface area (Å²) in [7, 11) is -1.80. The number of likely N-dealkylation sites (N-methyl/N-ethyl adjacent to an activating group) is 1. The van der Waals surface area contributed by atoms with Crippen LogP contribution in [0.2, 0.25) is 0 Å². The Bertz CT molecular complexity index is 554. The number of aryl methyl sites for hydroxylation is 1. The van der Waals surface area contributed by atoms with Gasteiger partial charge in [-0.1, -0.05) is 19.9 Å². The van der Waals surface area contributed by atoms with Crippen LogP contribution in [-0.4, -0.2) is 52.9 Å². The van der Waals surface area contributed by atoms with Gasteiger partial charge in [-0.05, 0) is 37.7 Å². The van der Waals surface area contributed by atoms with Crippen LogP contribution in [0, 0.1) is 6.92 Å². The maximum atomic E-state index is 12.2. The van der Waals surface area contributed by atoms with Crippen LogP contribution in [0.3, 0.4) is 0 Å². The monoisotopic (exact) mass is 314 g/mol. The second kappa shape index (κ2) is 7.66. The molecular formula is C15H26N2O3S. The fourth-order valence-corrected chi connectivity index (χ4v) is 3.15. The molecule has 0 heterocycles. The molecule has 0 radical (unpaired) electrons. The van der Waals surface area contributed by atoms with E-state index in [2.05, 4.69) is 18.7 Å². The largest absolute Gasteiger partial charge is 0.495 e. The summed E-state index contributed by atoms with van der Waals surface area (Å²) in [5.41, 5.74) is 1.61. The lowest BCUT2D eigenvalue weighted by atomic mass is 10.2. The molecule has 1 rings (SSSR count). The highest BCUT2D eigenvalue weighted by Gasteiger charge is 2.21. The summed E-state index contributed by atoms with van der Waals surface area (Å²) >= 11 is 0. The Balaban J connectivity index is 3.12. The van der Waals surface area contributed by atoms with Crippen molar-refractivity contribution in [1.29, 1.82) is 0 Å². The summed E-state index contributed by atoms with van der Waals surface area (Å²) in [5.74, 6) is 0.575. The number of nitrogens with zero attached hydrogens (tertiary/aromatic N) is 2. The van der Waals surface area contributed by atoms with Crippen molar-refractivity contribution in [3.63, 3.8) is 0 Å². The van der Waals surface area contributed by atoms with E-state index in [-0.39, 0.29) is 0 Å². The van der Waals surface area contributed by atoms with Gasteiger partial charge in [0.1, 0.15) is 5.75 Å². The number of hydrogen-bond donors (Lipinski definition) is 0. The average molecular weight is 314 g/mol. The van der Waals surface area contributed by atoms with Gasteiger partial charge in [0.05, 0.1) is 19.1 Å². The Kier molecular flexibility index (Phi) is 6.48. The van der Waals surface area contributed by atoms with E-state index in [1.807, 2.05) is 19.1 Å². The van der Waals surface area contributed by atoms with Crippen molar-refractivity contribution >= 4 is 15.7 Å². The van der Waals surface area contributed by atoms with Crippen molar-refractivity contribution in [3.8, 4) is 5.75 Å². The molecule has 0 N–H and O–H groups in total. The van der Waals surface area contributed by atoms with Gasteiger partial charge in [0.15, 0.2) is 0 Å². The second-order valence-corrected chi connectivity index (χ2v) is 6.94. The van der Waals surface area contributed by atoms with Gasteiger partial charge in [-0.3, -0.25) is 4.31 Å². The molecule has 6 heteroatoms. The second-order valence-electron chi connectivity index (χ2n) is 5.04. The standard InChI is InChI=1S/C15H26N2O3S/c1-6-16(7-2)10-11-17(21(5,18)19)14-12-13(3)8-9-15(14)20-4/h8-9,12H,6-7,10-11H2,1-5H3. The Morgan fingerprint density at radius 1 is 1.14 bits per heavy atom. The summed E-state index contributed by atoms with van der Waals surface area (Å²) < 4.78 is 31.0. The fourth-order valence-electron chi connectivity index (χ4n) is 2.23. The van der Waals surface area contributed by atoms with Crippen molar-refractivity contribution in [2.45, 2.75) is 20.8 Å². The number of sulfonamides is 1. The highest BCUT2D eigenvalue weighted by Crippen LogP contribution is 2.30. The zero-order chi connectivity index (χ0) is 16.0. The number of benzene rings is 1. The fraction of sp³-hybridized carbons (Fsp3) is 0.600. The molecule has 5 nitrogen and oxygen atoms in total. The van der Waals surface area contributed by atoms with Crippen LogP contribution in [0.5, 0.6) is 5.75 Å². The van der Waals surface area contributed by atoms with Gasteiger partial charge in [-0.2, -0.15) is 0 Å². The topological polar surface area (TPSA) is 49.9 Å². The first-order valence-corrected chi connectivity index (χ1v) is 9.03. The van der Waals surface area contributed by atoms with E-state index < -0.39 is 10.0 Å². The zero-order valence-corrected chi connectivity index (χ0v) is 14.4. The van der Waals surface area contributed by atoms with Crippen LogP contribution in [0.4, 0.5) is 5.69 Å². The number of methoxy groups -OCH3 is 1. The van der Waals surface area contributed by atoms with Gasteiger partial charge in [0.2, 0.25) is 10.0 Å². The SMILES string of the molecule is CCN(CC)CCN(c1cc(C)ccc1OC)S(C)(=O)=O. The van der Waals surface area contributed by atoms with E-state index >= 15 is 0 Å². The quantitative estimate of drug-likeness (QED) is 0.737. The molecule has 21 heavy (non-hydrogen) atoms. The molecule has 0 fully saturated rings. The van der Waals surface area contributed by atoms with Crippen molar-refractivity contribution in [2.75, 3.05) is 43.8 Å². The minimum Gasteiger partial charge on any atom is -0.495 e. The van der Waals surface area contributed by atoms with Gasteiger partial charge in [0.25, 0.3) is 0 Å². The smallest absolute Gasteiger partial charge is 0.232 e. The number of hydrogen-bond acceptors (Lipinski definition) is 4. The third kappa shape index (κ3) is 4.89. The zero-order valence-electron chi connectivity index (χ0n) is 13.6. The van der Waals surface area contributed by atoms with Gasteiger partial charge >= 0.3 is 0 Å². The molecule has 0 unspecified atom stereocenters. The molecule has 0 aromatic heterocycles. The first kappa shape index (κ1) is 17.8. The maximum Gasteiger partial charge on any atom is 0.232 e. The van der Waals surface area contributed by atoms with E-state index in [1.54, 1.807) is 13.2 Å². The molecule has 0 aliphatic rings. The third-order valence-corrected chi connectivity index (χ3v) is 4.70. The molecule has 0 amide bonds. The maximum absolute atomic E-state index is 12.2. The Hall–Kier alpha value is -1.27. The predicted molar refractivity (Wildman–Crippen MR) is 87.7 cm³/mol. The Labute approximate surface area is 128 Å². The van der Waals surface area contributed by atoms with Crippen molar-refractivity contribution in [2.24, 2.45) is 0 Å². The highest BCUT2D eigenvalue weighted by atomic mass is 32.2. The van der Waals surface area contributed by atoms with Crippen LogP contribution in [0.1, 0.15) is 19.4 Å². The molecule has 0 atom stereocenters. The average Bonchev–Trinajstić information content (AvgIpc) is 2.42. The lowest BCUT2D eigenvalue weighted by Gasteiger charge is -2.27. The number of anilines is 1. The minimum absolute atomic E-state index is 0.417. The van der Waals surface area contributed by atoms with E-state index in [0.717, 1.165) is 18.7 Å². The summed E-state index contributed by atoms with van der Waals surface area (Å²) in [6.45, 7) is 8.99. The molecule has 0 saturated heterocycles. The normalized spacial score (nSPS) is 11.7. The molecule has 120 valence electrons. The Morgan fingerprint density at radius 2 is 1.76 bits per heavy atom. The molecule has 0 aliphatic heterocycles. The van der Waals surface area contributed by atoms with Crippen molar-refractivity contribution < 1.29 is 13.2 Å². The first-order chi connectivity index (χ1) is 9.83. The van der Waals surface area contributed by atoms with Crippen LogP contribution in [0.25, 0.3) is 0 Å². The van der Waals surface area contributed by atoms with Crippen LogP contribution >= 0.6 is 0 Å². The molecule has 0 saturated carbocycles. The van der Waals surface area contributed by atoms with Crippen molar-refractivity contribution in [3.05, 3.63) is 23.8 Å². The lowest BCUT2D eigenvalue weighted by Crippen LogP contribution is -2.38. The lowest BCUT2D eigenvalue weighted by molar-refractivity contribution is 0.312. The van der Waals surface area contributed by atoms with E-state index in [1.165, 1.54) is 10.6 Å². The molecular weight excluding hydrogens is 288 g/mol. The van der Waals surface area contributed by atoms with Gasteiger partial charge < -0.3 is 9.64 Å². The molecule has 0 spiro atoms. The van der Waals surface area contributed by atoms with Gasteiger partial charge in [-0.15, -0.1) is 0 Å². The molecule has 0 bridgehead atoms. The minimum atomic E-state index is -3.35. The Morgan fingerprint density at radius 3 is 2.24 bits per heavy atom. The van der Waals surface area contributed by atoms with E-state index in [4.69, 9.17) is 4.74 Å². The summed E-state index contributed by atoms with van der Waals surface area (Å²) in [4.78, 5) is 2.19. The first-order valence-electron chi connectivity index (χ1n) is 7.18. The highest BCUT2D eigenvalue weighted by molar-refractivity contribution is 7.92. The van der Waals surface area contributed by atoms with Crippen LogP contribution in [-0.2, 0) is 10.0 Å². The number of rotatable bonds is 8. The summed E-state index contributed by atoms with van der Waals surface area (Å²) in [6.07, 6.45) is 1.23. The predicted octanol–water partition coefficient (Wildman–Crippen LogP) is 2.11. The third-order valence-electron chi connectivity index (χ3n) is 3.52. The summed E-state index contributed by atoms with van der Waals surface area (Å²) in [6, 6.07) is 5.57. The summed E-state index contributed by atoms with van der Waals surface area (Å²) in [5, 5.41) is 0.